The Bertz CT molecular complexity index is 1180. The van der Waals surface area contributed by atoms with Gasteiger partial charge in [0, 0.05) is 11.1 Å². The number of carbonyl (C=O) groups is 2. The van der Waals surface area contributed by atoms with Crippen molar-refractivity contribution in [3.8, 4) is 0 Å². The molecule has 11 heteroatoms. The van der Waals surface area contributed by atoms with Crippen LogP contribution in [0.3, 0.4) is 0 Å². The molecular formula is C19H16ClN3O5S2. The summed E-state index contributed by atoms with van der Waals surface area (Å²) in [5.74, 6) is -0.969. The number of para-hydroxylation sites is 1. The van der Waals surface area contributed by atoms with Crippen LogP contribution in [0.1, 0.15) is 21.1 Å². The molecule has 0 aliphatic rings. The largest absolute Gasteiger partial charge is 0.456 e. The molecule has 0 fully saturated rings. The average molecular weight is 466 g/mol. The maximum atomic E-state index is 12.2. The fraction of sp³-hybridized carbons (Fsp3) is 0.105. The van der Waals surface area contributed by atoms with Crippen LogP contribution in [-0.2, 0) is 32.6 Å². The molecule has 0 aliphatic carbocycles. The molecule has 0 saturated carbocycles. The second-order valence-electron chi connectivity index (χ2n) is 6.09. The SMILES string of the molecule is NS(=O)(=O)c1cc(C(=O)OCc2csc(CC(=O)Nc3ccccc3)n2)ccc1Cl. The molecule has 2 aromatic carbocycles. The Hall–Kier alpha value is -2.79. The van der Waals surface area contributed by atoms with Crippen LogP contribution in [0, 0.1) is 0 Å². The summed E-state index contributed by atoms with van der Waals surface area (Å²) in [6.07, 6.45) is 0.0857. The normalized spacial score (nSPS) is 11.1. The van der Waals surface area contributed by atoms with Gasteiger partial charge in [0.1, 0.15) is 16.5 Å². The van der Waals surface area contributed by atoms with Crippen LogP contribution in [0.25, 0.3) is 0 Å². The predicted molar refractivity (Wildman–Crippen MR) is 113 cm³/mol. The second-order valence-corrected chi connectivity index (χ2v) is 8.97. The summed E-state index contributed by atoms with van der Waals surface area (Å²) < 4.78 is 28.2. The van der Waals surface area contributed by atoms with Crippen molar-refractivity contribution in [2.24, 2.45) is 5.14 Å². The van der Waals surface area contributed by atoms with Crippen molar-refractivity contribution >= 4 is 50.5 Å². The topological polar surface area (TPSA) is 128 Å². The third kappa shape index (κ3) is 5.86. The predicted octanol–water partition coefficient (Wildman–Crippen LogP) is 2.98. The number of rotatable bonds is 7. The van der Waals surface area contributed by atoms with E-state index in [1.807, 2.05) is 18.2 Å². The highest BCUT2D eigenvalue weighted by molar-refractivity contribution is 7.89. The van der Waals surface area contributed by atoms with Crippen LogP contribution in [0.2, 0.25) is 5.02 Å². The maximum absolute atomic E-state index is 12.2. The van der Waals surface area contributed by atoms with E-state index in [1.165, 1.54) is 23.5 Å². The lowest BCUT2D eigenvalue weighted by Gasteiger charge is -2.06. The van der Waals surface area contributed by atoms with Crippen LogP contribution < -0.4 is 10.5 Å². The fourth-order valence-electron chi connectivity index (χ4n) is 2.43. The molecule has 0 atom stereocenters. The minimum Gasteiger partial charge on any atom is -0.456 e. The van der Waals surface area contributed by atoms with Gasteiger partial charge in [-0.05, 0) is 30.3 Å². The zero-order chi connectivity index (χ0) is 21.7. The number of sulfonamides is 1. The summed E-state index contributed by atoms with van der Waals surface area (Å²) in [5.41, 5.74) is 1.15. The van der Waals surface area contributed by atoms with Crippen LogP contribution in [0.4, 0.5) is 5.69 Å². The molecule has 3 aromatic rings. The Kier molecular flexibility index (Phi) is 6.83. The van der Waals surface area contributed by atoms with E-state index in [0.29, 0.717) is 16.4 Å². The third-order valence-electron chi connectivity index (χ3n) is 3.79. The van der Waals surface area contributed by atoms with E-state index >= 15 is 0 Å². The monoisotopic (exact) mass is 465 g/mol. The van der Waals surface area contributed by atoms with Crippen molar-refractivity contribution in [3.05, 3.63) is 75.2 Å². The van der Waals surface area contributed by atoms with Crippen LogP contribution >= 0.6 is 22.9 Å². The third-order valence-corrected chi connectivity index (χ3v) is 6.08. The summed E-state index contributed by atoms with van der Waals surface area (Å²) in [4.78, 5) is 28.2. The van der Waals surface area contributed by atoms with Crippen LogP contribution in [0.15, 0.2) is 58.8 Å². The van der Waals surface area contributed by atoms with E-state index in [9.17, 15) is 18.0 Å². The Morgan fingerprint density at radius 2 is 1.90 bits per heavy atom. The number of esters is 1. The molecule has 8 nitrogen and oxygen atoms in total. The number of thiazole rings is 1. The minimum absolute atomic E-state index is 0.0129. The van der Waals surface area contributed by atoms with Gasteiger partial charge in [0.25, 0.3) is 0 Å². The van der Waals surface area contributed by atoms with Gasteiger partial charge in [0.15, 0.2) is 0 Å². The zero-order valence-electron chi connectivity index (χ0n) is 15.4. The Morgan fingerprint density at radius 1 is 1.17 bits per heavy atom. The molecule has 1 heterocycles. The summed E-state index contributed by atoms with van der Waals surface area (Å²) in [6, 6.07) is 12.7. The number of nitrogens with two attached hydrogens (primary N) is 1. The van der Waals surface area contributed by atoms with Crippen LogP contribution in [-0.4, -0.2) is 25.3 Å². The van der Waals surface area contributed by atoms with Crippen molar-refractivity contribution < 1.29 is 22.7 Å². The first-order chi connectivity index (χ1) is 14.2. The molecule has 30 heavy (non-hydrogen) atoms. The van der Waals surface area contributed by atoms with Gasteiger partial charge in [-0.15, -0.1) is 11.3 Å². The van der Waals surface area contributed by atoms with Gasteiger partial charge in [-0.25, -0.2) is 23.3 Å². The molecule has 3 rings (SSSR count). The first-order valence-corrected chi connectivity index (χ1v) is 11.3. The van der Waals surface area contributed by atoms with Gasteiger partial charge >= 0.3 is 5.97 Å². The van der Waals surface area contributed by atoms with Crippen molar-refractivity contribution in [1.82, 2.24) is 4.98 Å². The zero-order valence-corrected chi connectivity index (χ0v) is 17.8. The molecule has 0 bridgehead atoms. The summed E-state index contributed by atoms with van der Waals surface area (Å²) in [6.45, 7) is -0.136. The minimum atomic E-state index is -4.08. The highest BCUT2D eigenvalue weighted by Crippen LogP contribution is 2.22. The number of carbonyl (C=O) groups excluding carboxylic acids is 2. The molecule has 0 saturated heterocycles. The highest BCUT2D eigenvalue weighted by atomic mass is 35.5. The molecule has 0 spiro atoms. The Labute approximate surface area is 181 Å². The lowest BCUT2D eigenvalue weighted by molar-refractivity contribution is -0.115. The fourth-order valence-corrected chi connectivity index (χ4v) is 4.28. The number of aromatic nitrogens is 1. The van der Waals surface area contributed by atoms with Gasteiger partial charge in [0.2, 0.25) is 15.9 Å². The number of hydrogen-bond acceptors (Lipinski definition) is 7. The summed E-state index contributed by atoms with van der Waals surface area (Å²) >= 11 is 7.07. The number of benzene rings is 2. The molecule has 1 amide bonds. The number of ether oxygens (including phenoxy) is 1. The van der Waals surface area contributed by atoms with Crippen molar-refractivity contribution in [3.63, 3.8) is 0 Å². The highest BCUT2D eigenvalue weighted by Gasteiger charge is 2.17. The number of nitrogens with one attached hydrogen (secondary N) is 1. The van der Waals surface area contributed by atoms with E-state index in [0.717, 1.165) is 6.07 Å². The Balaban J connectivity index is 1.58. The van der Waals surface area contributed by atoms with Gasteiger partial charge in [-0.3, -0.25) is 4.79 Å². The number of nitrogens with zero attached hydrogens (tertiary/aromatic N) is 1. The van der Waals surface area contributed by atoms with Gasteiger partial charge in [-0.1, -0.05) is 29.8 Å². The van der Waals surface area contributed by atoms with Gasteiger partial charge in [-0.2, -0.15) is 0 Å². The first-order valence-electron chi connectivity index (χ1n) is 8.50. The van der Waals surface area contributed by atoms with E-state index < -0.39 is 16.0 Å². The molecular weight excluding hydrogens is 450 g/mol. The van der Waals surface area contributed by atoms with Crippen LogP contribution in [0.5, 0.6) is 0 Å². The van der Waals surface area contributed by atoms with E-state index in [4.69, 9.17) is 21.5 Å². The van der Waals surface area contributed by atoms with Gasteiger partial charge in [0.05, 0.1) is 22.7 Å². The quantitative estimate of drug-likeness (QED) is 0.516. The number of anilines is 1. The van der Waals surface area contributed by atoms with Crippen molar-refractivity contribution in [2.45, 2.75) is 17.9 Å². The molecule has 0 aliphatic heterocycles. The molecule has 0 radical (unpaired) electrons. The smallest absolute Gasteiger partial charge is 0.338 e. The lowest BCUT2D eigenvalue weighted by Crippen LogP contribution is -2.14. The summed E-state index contributed by atoms with van der Waals surface area (Å²) in [7, 11) is -4.08. The van der Waals surface area contributed by atoms with Gasteiger partial charge < -0.3 is 10.1 Å². The second kappa shape index (κ2) is 9.35. The average Bonchev–Trinajstić information content (AvgIpc) is 3.13. The van der Waals surface area contributed by atoms with Crippen molar-refractivity contribution in [2.75, 3.05) is 5.32 Å². The number of amides is 1. The number of halogens is 1. The number of primary sulfonamides is 1. The van der Waals surface area contributed by atoms with E-state index in [2.05, 4.69) is 10.3 Å². The lowest BCUT2D eigenvalue weighted by atomic mass is 10.2. The van der Waals surface area contributed by atoms with Crippen molar-refractivity contribution in [1.29, 1.82) is 0 Å². The molecule has 156 valence electrons. The number of hydrogen-bond donors (Lipinski definition) is 2. The standard InChI is InChI=1S/C19H16ClN3O5S2/c20-15-7-6-12(8-16(15)30(21,26)27)19(25)28-10-14-11-29-18(23-14)9-17(24)22-13-4-2-1-3-5-13/h1-8,11H,9-10H2,(H,22,24)(H2,21,26,27). The molecule has 0 unspecified atom stereocenters. The van der Waals surface area contributed by atoms with E-state index in [1.54, 1.807) is 17.5 Å². The Morgan fingerprint density at radius 3 is 2.60 bits per heavy atom. The maximum Gasteiger partial charge on any atom is 0.338 e. The molecule has 1 aromatic heterocycles. The molecule has 3 N–H and O–H groups in total. The summed E-state index contributed by atoms with van der Waals surface area (Å²) in [5, 5.41) is 10.00. The first kappa shape index (κ1) is 21.9. The van der Waals surface area contributed by atoms with E-state index in [-0.39, 0.29) is 34.4 Å².